The summed E-state index contributed by atoms with van der Waals surface area (Å²) >= 11 is 5.92. The van der Waals surface area contributed by atoms with Gasteiger partial charge in [0.15, 0.2) is 0 Å². The molecule has 1 aromatic carbocycles. The minimum atomic E-state index is -0.394. The fourth-order valence-corrected chi connectivity index (χ4v) is 2.81. The van der Waals surface area contributed by atoms with E-state index in [4.69, 9.17) is 16.3 Å². The zero-order chi connectivity index (χ0) is 13.3. The van der Waals surface area contributed by atoms with E-state index in [1.54, 1.807) is 0 Å². The van der Waals surface area contributed by atoms with E-state index in [9.17, 15) is 9.18 Å². The van der Waals surface area contributed by atoms with Gasteiger partial charge in [-0.2, -0.15) is 0 Å². The van der Waals surface area contributed by atoms with Crippen molar-refractivity contribution >= 4 is 17.4 Å². The SMILES string of the molecule is CCC1(CC)C(=O)CC1Oc1ccc(F)cc1Cl. The Morgan fingerprint density at radius 1 is 1.44 bits per heavy atom. The Morgan fingerprint density at radius 2 is 2.11 bits per heavy atom. The molecule has 1 aliphatic carbocycles. The van der Waals surface area contributed by atoms with Crippen LogP contribution in [0.15, 0.2) is 18.2 Å². The largest absolute Gasteiger partial charge is 0.487 e. The lowest BCUT2D eigenvalue weighted by Gasteiger charge is -2.46. The summed E-state index contributed by atoms with van der Waals surface area (Å²) in [6.45, 7) is 3.98. The van der Waals surface area contributed by atoms with Crippen LogP contribution in [0.5, 0.6) is 5.75 Å². The monoisotopic (exact) mass is 270 g/mol. The predicted molar refractivity (Wildman–Crippen MR) is 68.5 cm³/mol. The van der Waals surface area contributed by atoms with Gasteiger partial charge in [0, 0.05) is 6.42 Å². The molecule has 0 aliphatic heterocycles. The van der Waals surface area contributed by atoms with Gasteiger partial charge in [-0.3, -0.25) is 4.79 Å². The molecule has 1 aromatic rings. The Bertz CT molecular complexity index is 469. The summed E-state index contributed by atoms with van der Waals surface area (Å²) in [5, 5.41) is 0.246. The first-order chi connectivity index (χ1) is 8.53. The second-order valence-electron chi connectivity index (χ2n) is 4.67. The van der Waals surface area contributed by atoms with Crippen molar-refractivity contribution < 1.29 is 13.9 Å². The number of carbonyl (C=O) groups is 1. The van der Waals surface area contributed by atoms with Crippen LogP contribution in [-0.2, 0) is 4.79 Å². The van der Waals surface area contributed by atoms with Gasteiger partial charge in [-0.05, 0) is 31.0 Å². The maximum atomic E-state index is 12.9. The minimum Gasteiger partial charge on any atom is -0.487 e. The summed E-state index contributed by atoms with van der Waals surface area (Å²) in [7, 11) is 0. The van der Waals surface area contributed by atoms with Crippen molar-refractivity contribution in [3.63, 3.8) is 0 Å². The van der Waals surface area contributed by atoms with Gasteiger partial charge in [-0.15, -0.1) is 0 Å². The highest BCUT2D eigenvalue weighted by Crippen LogP contribution is 2.46. The first-order valence-corrected chi connectivity index (χ1v) is 6.56. The Hall–Kier alpha value is -1.09. The van der Waals surface area contributed by atoms with Gasteiger partial charge in [0.25, 0.3) is 0 Å². The van der Waals surface area contributed by atoms with E-state index in [0.717, 1.165) is 12.8 Å². The maximum Gasteiger partial charge on any atom is 0.146 e. The summed E-state index contributed by atoms with van der Waals surface area (Å²) in [6, 6.07) is 4.04. The lowest BCUT2D eigenvalue weighted by atomic mass is 9.61. The Balaban J connectivity index is 2.17. The van der Waals surface area contributed by atoms with Gasteiger partial charge in [0.1, 0.15) is 23.5 Å². The molecule has 1 aliphatic rings. The molecule has 1 atom stereocenters. The van der Waals surface area contributed by atoms with E-state index in [0.29, 0.717) is 12.2 Å². The van der Waals surface area contributed by atoms with E-state index in [1.807, 2.05) is 13.8 Å². The molecule has 4 heteroatoms. The summed E-state index contributed by atoms with van der Waals surface area (Å²) in [6.07, 6.45) is 1.77. The van der Waals surface area contributed by atoms with Crippen molar-refractivity contribution in [3.8, 4) is 5.75 Å². The zero-order valence-electron chi connectivity index (χ0n) is 10.5. The standard InChI is InChI=1S/C14H16ClFO2/c1-3-14(4-2)12(17)8-13(14)18-11-6-5-9(16)7-10(11)15/h5-7,13H,3-4,8H2,1-2H3. The number of ketones is 1. The van der Waals surface area contributed by atoms with Gasteiger partial charge in [0.05, 0.1) is 10.4 Å². The summed E-state index contributed by atoms with van der Waals surface area (Å²) in [5.74, 6) is 0.298. The van der Waals surface area contributed by atoms with Crippen LogP contribution in [0.4, 0.5) is 4.39 Å². The van der Waals surface area contributed by atoms with Crippen LogP contribution in [0.2, 0.25) is 5.02 Å². The lowest BCUT2D eigenvalue weighted by Crippen LogP contribution is -2.56. The molecule has 2 nitrogen and oxygen atoms in total. The maximum absolute atomic E-state index is 12.9. The van der Waals surface area contributed by atoms with Crippen molar-refractivity contribution in [1.82, 2.24) is 0 Å². The summed E-state index contributed by atoms with van der Waals surface area (Å²) < 4.78 is 18.7. The number of rotatable bonds is 4. The smallest absolute Gasteiger partial charge is 0.146 e. The van der Waals surface area contributed by atoms with Crippen LogP contribution in [0.3, 0.4) is 0 Å². The third-order valence-electron chi connectivity index (χ3n) is 3.97. The number of carbonyl (C=O) groups excluding carboxylic acids is 1. The molecule has 1 saturated carbocycles. The molecule has 0 bridgehead atoms. The number of halogens is 2. The molecule has 1 unspecified atom stereocenters. The lowest BCUT2D eigenvalue weighted by molar-refractivity contribution is -0.153. The zero-order valence-corrected chi connectivity index (χ0v) is 11.3. The average molecular weight is 271 g/mol. The van der Waals surface area contributed by atoms with Gasteiger partial charge < -0.3 is 4.74 Å². The second-order valence-corrected chi connectivity index (χ2v) is 5.08. The van der Waals surface area contributed by atoms with Crippen LogP contribution in [-0.4, -0.2) is 11.9 Å². The van der Waals surface area contributed by atoms with Crippen LogP contribution >= 0.6 is 11.6 Å². The van der Waals surface area contributed by atoms with Gasteiger partial charge in [-0.1, -0.05) is 25.4 Å². The molecule has 0 radical (unpaired) electrons. The topological polar surface area (TPSA) is 26.3 Å². The summed E-state index contributed by atoms with van der Waals surface area (Å²) in [5.41, 5.74) is -0.391. The van der Waals surface area contributed by atoms with Gasteiger partial charge >= 0.3 is 0 Å². The molecule has 1 fully saturated rings. The number of ether oxygens (including phenoxy) is 1. The first-order valence-electron chi connectivity index (χ1n) is 6.18. The molecule has 0 aromatic heterocycles. The molecular formula is C14H16ClFO2. The van der Waals surface area contributed by atoms with E-state index in [-0.39, 0.29) is 16.9 Å². The molecule has 98 valence electrons. The van der Waals surface area contributed by atoms with Crippen molar-refractivity contribution in [2.75, 3.05) is 0 Å². The fraction of sp³-hybridized carbons (Fsp3) is 0.500. The number of hydrogen-bond acceptors (Lipinski definition) is 2. The quantitative estimate of drug-likeness (QED) is 0.826. The minimum absolute atomic E-state index is 0.150. The molecule has 0 spiro atoms. The van der Waals surface area contributed by atoms with Crippen LogP contribution < -0.4 is 4.74 Å². The third kappa shape index (κ3) is 2.01. The molecule has 0 amide bonds. The molecule has 0 saturated heterocycles. The average Bonchev–Trinajstić information content (AvgIpc) is 2.33. The Kier molecular flexibility index (Phi) is 3.62. The molecular weight excluding hydrogens is 255 g/mol. The molecule has 0 N–H and O–H groups in total. The van der Waals surface area contributed by atoms with Crippen LogP contribution in [0, 0.1) is 11.2 Å². The molecule has 2 rings (SSSR count). The van der Waals surface area contributed by atoms with E-state index in [1.165, 1.54) is 18.2 Å². The second kappa shape index (κ2) is 4.88. The predicted octanol–water partition coefficient (Wildman–Crippen LogP) is 4.01. The fourth-order valence-electron chi connectivity index (χ4n) is 2.59. The molecule has 0 heterocycles. The molecule has 18 heavy (non-hydrogen) atoms. The first kappa shape index (κ1) is 13.3. The summed E-state index contributed by atoms with van der Waals surface area (Å²) in [4.78, 5) is 11.8. The number of Topliss-reactive ketones (excluding diaryl/α,β-unsaturated/α-hetero) is 1. The van der Waals surface area contributed by atoms with Crippen LogP contribution in [0.1, 0.15) is 33.1 Å². The van der Waals surface area contributed by atoms with Crippen molar-refractivity contribution in [2.45, 2.75) is 39.2 Å². The number of benzene rings is 1. The van der Waals surface area contributed by atoms with Crippen molar-refractivity contribution in [1.29, 1.82) is 0 Å². The highest BCUT2D eigenvalue weighted by Gasteiger charge is 2.53. The van der Waals surface area contributed by atoms with E-state index >= 15 is 0 Å². The highest BCUT2D eigenvalue weighted by molar-refractivity contribution is 6.32. The van der Waals surface area contributed by atoms with Crippen LogP contribution in [0.25, 0.3) is 0 Å². The van der Waals surface area contributed by atoms with E-state index < -0.39 is 11.2 Å². The Morgan fingerprint density at radius 3 is 2.61 bits per heavy atom. The normalized spacial score (nSPS) is 21.6. The Labute approximate surface area is 111 Å². The van der Waals surface area contributed by atoms with Gasteiger partial charge in [0.2, 0.25) is 0 Å². The van der Waals surface area contributed by atoms with Crippen molar-refractivity contribution in [3.05, 3.63) is 29.0 Å². The number of hydrogen-bond donors (Lipinski definition) is 0. The van der Waals surface area contributed by atoms with Gasteiger partial charge in [-0.25, -0.2) is 4.39 Å². The van der Waals surface area contributed by atoms with E-state index in [2.05, 4.69) is 0 Å². The third-order valence-corrected chi connectivity index (χ3v) is 4.26. The van der Waals surface area contributed by atoms with Crippen molar-refractivity contribution in [2.24, 2.45) is 5.41 Å². The highest BCUT2D eigenvalue weighted by atomic mass is 35.5.